The SMILES string of the molecule is NS(=O)(=O)CC12CCCC(C1)OC2. The summed E-state index contributed by atoms with van der Waals surface area (Å²) in [5.41, 5.74) is -0.156. The molecule has 13 heavy (non-hydrogen) atoms. The summed E-state index contributed by atoms with van der Waals surface area (Å²) >= 11 is 0. The maximum Gasteiger partial charge on any atom is 0.209 e. The van der Waals surface area contributed by atoms with Crippen molar-refractivity contribution in [2.45, 2.75) is 31.8 Å². The molecule has 2 aliphatic rings. The number of hydrogen-bond donors (Lipinski definition) is 1. The summed E-state index contributed by atoms with van der Waals surface area (Å²) in [7, 11) is -3.35. The Morgan fingerprint density at radius 2 is 2.31 bits per heavy atom. The summed E-state index contributed by atoms with van der Waals surface area (Å²) in [5.74, 6) is 0.0938. The smallest absolute Gasteiger partial charge is 0.209 e. The highest BCUT2D eigenvalue weighted by atomic mass is 32.2. The molecule has 2 bridgehead atoms. The molecule has 2 rings (SSSR count). The van der Waals surface area contributed by atoms with Gasteiger partial charge in [0.1, 0.15) is 0 Å². The van der Waals surface area contributed by atoms with Crippen molar-refractivity contribution in [2.75, 3.05) is 12.4 Å². The van der Waals surface area contributed by atoms with Crippen LogP contribution >= 0.6 is 0 Å². The average molecular weight is 205 g/mol. The maximum atomic E-state index is 11.0. The van der Waals surface area contributed by atoms with Crippen LogP contribution in [0.5, 0.6) is 0 Å². The second-order valence-electron chi connectivity index (χ2n) is 4.34. The molecule has 0 radical (unpaired) electrons. The predicted molar refractivity (Wildman–Crippen MR) is 48.6 cm³/mol. The van der Waals surface area contributed by atoms with Gasteiger partial charge in [-0.25, -0.2) is 13.6 Å². The molecular formula is C8H15NO3S. The van der Waals surface area contributed by atoms with Crippen LogP contribution in [0.3, 0.4) is 0 Å². The van der Waals surface area contributed by atoms with Gasteiger partial charge in [-0.05, 0) is 19.3 Å². The van der Waals surface area contributed by atoms with E-state index in [4.69, 9.17) is 9.88 Å². The molecule has 2 N–H and O–H groups in total. The number of ether oxygens (including phenoxy) is 1. The molecule has 0 amide bonds. The van der Waals surface area contributed by atoms with Crippen molar-refractivity contribution in [3.63, 3.8) is 0 Å². The summed E-state index contributed by atoms with van der Waals surface area (Å²) in [5, 5.41) is 5.06. The summed E-state index contributed by atoms with van der Waals surface area (Å²) in [4.78, 5) is 0. The largest absolute Gasteiger partial charge is 0.378 e. The maximum absolute atomic E-state index is 11.0. The average Bonchev–Trinajstić information content (AvgIpc) is 2.23. The molecule has 0 aromatic rings. The van der Waals surface area contributed by atoms with Gasteiger partial charge in [0, 0.05) is 5.41 Å². The van der Waals surface area contributed by atoms with Crippen LogP contribution in [0, 0.1) is 5.41 Å². The summed E-state index contributed by atoms with van der Waals surface area (Å²) in [6, 6.07) is 0. The molecule has 2 fully saturated rings. The monoisotopic (exact) mass is 205 g/mol. The zero-order valence-corrected chi connectivity index (χ0v) is 8.35. The van der Waals surface area contributed by atoms with E-state index in [1.165, 1.54) is 0 Å². The zero-order valence-electron chi connectivity index (χ0n) is 7.53. The van der Waals surface area contributed by atoms with Crippen LogP contribution in [0.1, 0.15) is 25.7 Å². The Hall–Kier alpha value is -0.130. The molecule has 4 nitrogen and oxygen atoms in total. The minimum Gasteiger partial charge on any atom is -0.378 e. The molecule has 1 aliphatic heterocycles. The molecule has 1 saturated carbocycles. The van der Waals surface area contributed by atoms with E-state index in [0.29, 0.717) is 6.61 Å². The molecule has 1 saturated heterocycles. The second-order valence-corrected chi connectivity index (χ2v) is 5.95. The van der Waals surface area contributed by atoms with Crippen molar-refractivity contribution in [1.82, 2.24) is 0 Å². The highest BCUT2D eigenvalue weighted by Crippen LogP contribution is 2.44. The molecule has 1 heterocycles. The fourth-order valence-corrected chi connectivity index (χ4v) is 3.76. The molecular weight excluding hydrogens is 190 g/mol. The van der Waals surface area contributed by atoms with E-state index in [9.17, 15) is 8.42 Å². The van der Waals surface area contributed by atoms with Gasteiger partial charge < -0.3 is 4.74 Å². The minimum absolute atomic E-state index is 0.0938. The number of rotatable bonds is 2. The van der Waals surface area contributed by atoms with Crippen LogP contribution in [-0.2, 0) is 14.8 Å². The van der Waals surface area contributed by atoms with E-state index in [1.807, 2.05) is 0 Å². The third-order valence-electron chi connectivity index (χ3n) is 3.03. The number of hydrogen-bond acceptors (Lipinski definition) is 3. The van der Waals surface area contributed by atoms with E-state index in [-0.39, 0.29) is 17.3 Å². The predicted octanol–water partition coefficient (Wildman–Crippen LogP) is 0.234. The van der Waals surface area contributed by atoms with Crippen LogP contribution in [0.2, 0.25) is 0 Å². The van der Waals surface area contributed by atoms with E-state index in [1.54, 1.807) is 0 Å². The van der Waals surface area contributed by atoms with Gasteiger partial charge in [-0.15, -0.1) is 0 Å². The zero-order chi connectivity index (χ0) is 9.53. The Morgan fingerprint density at radius 3 is 3.00 bits per heavy atom. The Balaban J connectivity index is 2.12. The van der Waals surface area contributed by atoms with Crippen LogP contribution in [0.4, 0.5) is 0 Å². The Morgan fingerprint density at radius 1 is 1.54 bits per heavy atom. The molecule has 0 aromatic heterocycles. The minimum atomic E-state index is -3.35. The van der Waals surface area contributed by atoms with Gasteiger partial charge in [-0.3, -0.25) is 0 Å². The third-order valence-corrected chi connectivity index (χ3v) is 4.04. The van der Waals surface area contributed by atoms with E-state index in [2.05, 4.69) is 0 Å². The lowest BCUT2D eigenvalue weighted by Gasteiger charge is -2.29. The van der Waals surface area contributed by atoms with Crippen LogP contribution in [0.15, 0.2) is 0 Å². The fourth-order valence-electron chi connectivity index (χ4n) is 2.56. The fraction of sp³-hybridized carbons (Fsp3) is 1.00. The van der Waals surface area contributed by atoms with Crippen molar-refractivity contribution < 1.29 is 13.2 Å². The normalized spacial score (nSPS) is 39.3. The van der Waals surface area contributed by atoms with Crippen LogP contribution in [0.25, 0.3) is 0 Å². The Bertz CT molecular complexity index is 297. The van der Waals surface area contributed by atoms with Gasteiger partial charge >= 0.3 is 0 Å². The summed E-state index contributed by atoms with van der Waals surface area (Å²) < 4.78 is 27.5. The molecule has 76 valence electrons. The topological polar surface area (TPSA) is 69.4 Å². The van der Waals surface area contributed by atoms with Crippen molar-refractivity contribution >= 4 is 10.0 Å². The van der Waals surface area contributed by atoms with Crippen molar-refractivity contribution in [2.24, 2.45) is 10.6 Å². The van der Waals surface area contributed by atoms with Gasteiger partial charge in [0.15, 0.2) is 0 Å². The van der Waals surface area contributed by atoms with Crippen LogP contribution in [-0.4, -0.2) is 26.9 Å². The highest BCUT2D eigenvalue weighted by molar-refractivity contribution is 7.89. The second kappa shape index (κ2) is 2.93. The molecule has 5 heteroatoms. The molecule has 0 spiro atoms. The third kappa shape index (κ3) is 2.03. The van der Waals surface area contributed by atoms with Crippen molar-refractivity contribution in [3.8, 4) is 0 Å². The molecule has 1 aliphatic carbocycles. The number of fused-ring (bicyclic) bond motifs is 2. The van der Waals surface area contributed by atoms with E-state index in [0.717, 1.165) is 25.7 Å². The van der Waals surface area contributed by atoms with Crippen LogP contribution < -0.4 is 5.14 Å². The first-order chi connectivity index (χ1) is 5.99. The lowest BCUT2D eigenvalue weighted by molar-refractivity contribution is 0.105. The lowest BCUT2D eigenvalue weighted by atomic mass is 9.77. The Kier molecular flexibility index (Phi) is 2.13. The number of primary sulfonamides is 1. The van der Waals surface area contributed by atoms with Gasteiger partial charge in [0.25, 0.3) is 0 Å². The first-order valence-electron chi connectivity index (χ1n) is 4.61. The number of nitrogens with two attached hydrogens (primary N) is 1. The first kappa shape index (κ1) is 9.43. The number of sulfonamides is 1. The van der Waals surface area contributed by atoms with E-state index < -0.39 is 10.0 Å². The molecule has 2 unspecified atom stereocenters. The quantitative estimate of drug-likeness (QED) is 0.701. The standard InChI is InChI=1S/C8H15NO3S/c9-13(10,11)6-8-3-1-2-7(4-8)12-5-8/h7H,1-6H2,(H2,9,10,11). The summed E-state index contributed by atoms with van der Waals surface area (Å²) in [6.07, 6.45) is 4.26. The first-order valence-corrected chi connectivity index (χ1v) is 6.33. The van der Waals surface area contributed by atoms with Crippen molar-refractivity contribution in [3.05, 3.63) is 0 Å². The molecule has 0 aromatic carbocycles. The summed E-state index contributed by atoms with van der Waals surface area (Å²) in [6.45, 7) is 0.577. The van der Waals surface area contributed by atoms with Gasteiger partial charge in [0.2, 0.25) is 10.0 Å². The Labute approximate surface area is 78.5 Å². The van der Waals surface area contributed by atoms with Crippen molar-refractivity contribution in [1.29, 1.82) is 0 Å². The van der Waals surface area contributed by atoms with Gasteiger partial charge in [-0.2, -0.15) is 0 Å². The molecule has 2 atom stereocenters. The highest BCUT2D eigenvalue weighted by Gasteiger charge is 2.45. The lowest BCUT2D eigenvalue weighted by Crippen LogP contribution is -2.35. The van der Waals surface area contributed by atoms with E-state index >= 15 is 0 Å². The van der Waals surface area contributed by atoms with Gasteiger partial charge in [-0.1, -0.05) is 6.42 Å². The van der Waals surface area contributed by atoms with Gasteiger partial charge in [0.05, 0.1) is 18.5 Å².